The van der Waals surface area contributed by atoms with Crippen molar-refractivity contribution in [3.63, 3.8) is 0 Å². The zero-order valence-electron chi connectivity index (χ0n) is 17.2. The normalized spacial score (nSPS) is 21.5. The Morgan fingerprint density at radius 1 is 1.23 bits per heavy atom. The third-order valence-electron chi connectivity index (χ3n) is 6.58. The highest BCUT2D eigenvalue weighted by molar-refractivity contribution is 7.93. The average Bonchev–Trinajstić information content (AvgIpc) is 3.33. The molecule has 1 unspecified atom stereocenters. The molecule has 4 N–H and O–H groups in total. The van der Waals surface area contributed by atoms with Crippen molar-refractivity contribution in [3.8, 4) is 0 Å². The minimum absolute atomic E-state index is 0.183. The number of ether oxygens (including phenoxy) is 1. The van der Waals surface area contributed by atoms with Gasteiger partial charge in [0.2, 0.25) is 0 Å². The summed E-state index contributed by atoms with van der Waals surface area (Å²) in [7, 11) is -3.54. The lowest BCUT2D eigenvalue weighted by atomic mass is 9.80. The number of nitrogens with one attached hydrogen (secondary N) is 3. The van der Waals surface area contributed by atoms with E-state index < -0.39 is 21.5 Å². The molecular formula is C22H27N3O4S2. The molecule has 1 saturated heterocycles. The summed E-state index contributed by atoms with van der Waals surface area (Å²) in [6.07, 6.45) is 7.66. The minimum atomic E-state index is -3.54. The van der Waals surface area contributed by atoms with Gasteiger partial charge in [0.1, 0.15) is 9.81 Å². The highest BCUT2D eigenvalue weighted by Crippen LogP contribution is 2.38. The number of aliphatic hydroxyl groups is 1. The Labute approximate surface area is 186 Å². The van der Waals surface area contributed by atoms with Crippen LogP contribution in [0.2, 0.25) is 0 Å². The maximum absolute atomic E-state index is 13.0. The van der Waals surface area contributed by atoms with Gasteiger partial charge in [-0.1, -0.05) is 31.4 Å². The van der Waals surface area contributed by atoms with Crippen LogP contribution in [0.15, 0.2) is 28.5 Å². The maximum atomic E-state index is 13.0. The second kappa shape index (κ2) is 7.88. The number of amides is 2. The molecule has 31 heavy (non-hydrogen) atoms. The smallest absolute Gasteiger partial charge is 0.331 e. The molecule has 1 saturated carbocycles. The predicted octanol–water partition coefficient (Wildman–Crippen LogP) is 3.94. The monoisotopic (exact) mass is 461 g/mol. The lowest BCUT2D eigenvalue weighted by Gasteiger charge is -2.35. The van der Waals surface area contributed by atoms with Crippen molar-refractivity contribution in [1.29, 1.82) is 4.78 Å². The lowest BCUT2D eigenvalue weighted by molar-refractivity contribution is -0.182. The van der Waals surface area contributed by atoms with Crippen molar-refractivity contribution < 1.29 is 18.8 Å². The Hall–Kier alpha value is -1.94. The molecule has 2 fully saturated rings. The molecule has 0 bridgehead atoms. The third-order valence-corrected chi connectivity index (χ3v) is 9.79. The molecule has 5 rings (SSSR count). The SMILES string of the molecule is N=S(=O)(NC(=O)Nc1c(CC2CCC2)ccc2c1CCC2)c1ccc(C2(O)COC2)s1. The summed E-state index contributed by atoms with van der Waals surface area (Å²) in [4.78, 5) is 13.4. The van der Waals surface area contributed by atoms with Gasteiger partial charge < -0.3 is 15.2 Å². The highest BCUT2D eigenvalue weighted by atomic mass is 32.2. The van der Waals surface area contributed by atoms with Gasteiger partial charge in [-0.2, -0.15) is 0 Å². The first-order chi connectivity index (χ1) is 14.8. The number of thiophene rings is 1. The number of urea groups is 1. The third kappa shape index (κ3) is 4.00. The van der Waals surface area contributed by atoms with E-state index in [1.807, 2.05) is 0 Å². The van der Waals surface area contributed by atoms with E-state index in [4.69, 9.17) is 9.52 Å². The highest BCUT2D eigenvalue weighted by Gasteiger charge is 2.40. The molecule has 2 amide bonds. The number of carbonyl (C=O) groups is 1. The number of anilines is 1. The molecule has 2 aliphatic carbocycles. The van der Waals surface area contributed by atoms with Crippen LogP contribution in [0.1, 0.15) is 47.3 Å². The Morgan fingerprint density at radius 2 is 2.03 bits per heavy atom. The van der Waals surface area contributed by atoms with E-state index >= 15 is 0 Å². The maximum Gasteiger partial charge on any atom is 0.331 e. The first-order valence-corrected chi connectivity index (χ1v) is 13.1. The van der Waals surface area contributed by atoms with Crippen LogP contribution in [0.25, 0.3) is 0 Å². The number of benzene rings is 1. The van der Waals surface area contributed by atoms with Crippen molar-refractivity contribution in [1.82, 2.24) is 4.72 Å². The van der Waals surface area contributed by atoms with Crippen molar-refractivity contribution in [2.75, 3.05) is 18.5 Å². The van der Waals surface area contributed by atoms with Crippen LogP contribution in [0.4, 0.5) is 10.5 Å². The van der Waals surface area contributed by atoms with E-state index in [2.05, 4.69) is 22.2 Å². The number of hydrogen-bond acceptors (Lipinski definition) is 6. The van der Waals surface area contributed by atoms with Crippen LogP contribution in [0.3, 0.4) is 0 Å². The molecule has 7 nitrogen and oxygen atoms in total. The number of aryl methyl sites for hydroxylation is 1. The van der Waals surface area contributed by atoms with Gasteiger partial charge >= 0.3 is 6.03 Å². The zero-order chi connectivity index (χ0) is 21.6. The van der Waals surface area contributed by atoms with Crippen LogP contribution < -0.4 is 10.0 Å². The molecule has 0 radical (unpaired) electrons. The van der Waals surface area contributed by atoms with Gasteiger partial charge in [0, 0.05) is 10.6 Å². The molecular weight excluding hydrogens is 434 g/mol. The molecule has 1 atom stereocenters. The number of rotatable bonds is 6. The molecule has 3 aliphatic rings. The van der Waals surface area contributed by atoms with Crippen molar-refractivity contribution in [2.24, 2.45) is 5.92 Å². The largest absolute Gasteiger partial charge is 0.379 e. The van der Waals surface area contributed by atoms with Gasteiger partial charge in [0.25, 0.3) is 0 Å². The summed E-state index contributed by atoms with van der Waals surface area (Å²) in [5.41, 5.74) is 3.32. The van der Waals surface area contributed by atoms with Gasteiger partial charge in [-0.15, -0.1) is 11.3 Å². The number of carbonyl (C=O) groups excluding carboxylic acids is 1. The quantitative estimate of drug-likeness (QED) is 0.522. The van der Waals surface area contributed by atoms with E-state index in [1.54, 1.807) is 6.07 Å². The van der Waals surface area contributed by atoms with Gasteiger partial charge in [0.05, 0.1) is 13.2 Å². The summed E-state index contributed by atoms with van der Waals surface area (Å²) < 4.78 is 28.9. The topological polar surface area (TPSA) is 112 Å². The molecule has 2 aromatic rings. The van der Waals surface area contributed by atoms with Crippen molar-refractivity contribution >= 4 is 33.0 Å². The molecule has 0 spiro atoms. The Bertz CT molecular complexity index is 1120. The molecule has 166 valence electrons. The standard InChI is InChI=1S/C22H27N3O4S2/c23-31(28,19-10-9-18(30-19)22(27)12-29-13-22)25-21(26)24-20-16(11-14-3-1-4-14)8-7-15-5-2-6-17(15)20/h7-10,14,27H,1-6,11-13H2,(H3,23,24,25,26,28). The van der Waals surface area contributed by atoms with E-state index in [1.165, 1.54) is 36.5 Å². The molecule has 2 heterocycles. The second-order valence-corrected chi connectivity index (χ2v) is 11.9. The van der Waals surface area contributed by atoms with E-state index in [0.717, 1.165) is 48.3 Å². The van der Waals surface area contributed by atoms with Crippen LogP contribution in [-0.2, 0) is 39.5 Å². The first-order valence-electron chi connectivity index (χ1n) is 10.8. The minimum Gasteiger partial charge on any atom is -0.379 e. The van der Waals surface area contributed by atoms with Gasteiger partial charge in [0.15, 0.2) is 9.92 Å². The molecule has 1 aliphatic heterocycles. The Kier molecular flexibility index (Phi) is 5.32. The first kappa shape index (κ1) is 20.9. The summed E-state index contributed by atoms with van der Waals surface area (Å²) in [6.45, 7) is 0.367. The summed E-state index contributed by atoms with van der Waals surface area (Å²) in [5.74, 6) is 0.661. The van der Waals surface area contributed by atoms with Crippen molar-refractivity contribution in [3.05, 3.63) is 45.8 Å². The fourth-order valence-corrected chi connectivity index (χ4v) is 6.86. The fraction of sp³-hybridized carbons (Fsp3) is 0.500. The molecule has 1 aromatic carbocycles. The second-order valence-electron chi connectivity index (χ2n) is 8.85. The average molecular weight is 462 g/mol. The van der Waals surface area contributed by atoms with Crippen LogP contribution in [0, 0.1) is 10.7 Å². The summed E-state index contributed by atoms with van der Waals surface area (Å²) in [5, 5.41) is 13.3. The zero-order valence-corrected chi connectivity index (χ0v) is 18.9. The summed E-state index contributed by atoms with van der Waals surface area (Å²) >= 11 is 1.08. The summed E-state index contributed by atoms with van der Waals surface area (Å²) in [6, 6.07) is 6.85. The van der Waals surface area contributed by atoms with Crippen LogP contribution >= 0.6 is 11.3 Å². The van der Waals surface area contributed by atoms with Crippen LogP contribution in [-0.4, -0.2) is 28.6 Å². The van der Waals surface area contributed by atoms with Crippen molar-refractivity contribution in [2.45, 2.75) is 54.8 Å². The van der Waals surface area contributed by atoms with Gasteiger partial charge in [-0.25, -0.2) is 18.5 Å². The predicted molar refractivity (Wildman–Crippen MR) is 120 cm³/mol. The lowest BCUT2D eigenvalue weighted by Crippen LogP contribution is -2.45. The fourth-order valence-electron chi connectivity index (χ4n) is 4.53. The number of fused-ring (bicyclic) bond motifs is 1. The number of hydrogen-bond donors (Lipinski definition) is 4. The van der Waals surface area contributed by atoms with Gasteiger partial charge in [-0.3, -0.25) is 0 Å². The van der Waals surface area contributed by atoms with E-state index in [9.17, 15) is 14.1 Å². The Balaban J connectivity index is 1.34. The van der Waals surface area contributed by atoms with Gasteiger partial charge in [-0.05, 0) is 60.4 Å². The Morgan fingerprint density at radius 3 is 2.71 bits per heavy atom. The molecule has 1 aromatic heterocycles. The van der Waals surface area contributed by atoms with Crippen LogP contribution in [0.5, 0.6) is 0 Å². The molecule has 9 heteroatoms. The van der Waals surface area contributed by atoms with E-state index in [0.29, 0.717) is 10.8 Å². The van der Waals surface area contributed by atoms with E-state index in [-0.39, 0.29) is 17.4 Å².